The number of carbonyl (C=O) groups excluding carboxylic acids is 2. The highest BCUT2D eigenvalue weighted by Gasteiger charge is 2.28. The van der Waals surface area contributed by atoms with Gasteiger partial charge in [-0.3, -0.25) is 9.59 Å². The molecule has 0 spiro atoms. The molecule has 0 aromatic carbocycles. The number of unbranched alkanes of at least 4 members (excludes halogenated alkanes) is 22. The molecule has 2 atom stereocenters. The fourth-order valence-corrected chi connectivity index (χ4v) is 6.56. The van der Waals surface area contributed by atoms with Crippen molar-refractivity contribution in [3.05, 3.63) is 24.3 Å². The number of carbonyl (C=O) groups is 2. The topological polar surface area (TPSA) is 93.1 Å². The average molecular weight is 759 g/mol. The van der Waals surface area contributed by atoms with Crippen molar-refractivity contribution in [1.82, 2.24) is 0 Å². The minimum absolute atomic E-state index is 0. The lowest BCUT2D eigenvalue weighted by molar-refractivity contribution is -0.896. The molecule has 7 nitrogen and oxygen atoms in total. The molecule has 8 heteroatoms. The molecule has 0 aromatic rings. The third-order valence-electron chi connectivity index (χ3n) is 9.63. The minimum Gasteiger partial charge on any atom is -1.00 e. The number of aliphatic hydroxyl groups excluding tert-OH is 2. The van der Waals surface area contributed by atoms with Gasteiger partial charge in [0, 0.05) is 12.8 Å². The van der Waals surface area contributed by atoms with E-state index in [0.717, 1.165) is 51.4 Å². The van der Waals surface area contributed by atoms with Crippen LogP contribution >= 0.6 is 0 Å². The van der Waals surface area contributed by atoms with Gasteiger partial charge in [0.2, 0.25) is 0 Å². The highest BCUT2D eigenvalue weighted by atomic mass is 35.5. The molecule has 0 amide bonds. The van der Waals surface area contributed by atoms with Crippen LogP contribution in [0.5, 0.6) is 0 Å². The summed E-state index contributed by atoms with van der Waals surface area (Å²) in [5.41, 5.74) is 0. The summed E-state index contributed by atoms with van der Waals surface area (Å²) in [5, 5.41) is 19.3. The van der Waals surface area contributed by atoms with Gasteiger partial charge in [-0.05, 0) is 64.2 Å². The Kier molecular flexibility index (Phi) is 39.8. The third kappa shape index (κ3) is 38.3. The van der Waals surface area contributed by atoms with E-state index in [9.17, 15) is 19.8 Å². The van der Waals surface area contributed by atoms with E-state index < -0.39 is 12.2 Å². The van der Waals surface area contributed by atoms with Gasteiger partial charge >= 0.3 is 11.9 Å². The van der Waals surface area contributed by atoms with Crippen molar-refractivity contribution in [2.75, 3.05) is 40.4 Å². The number of hydrogen-bond donors (Lipinski definition) is 2. The van der Waals surface area contributed by atoms with E-state index in [4.69, 9.17) is 9.47 Å². The highest BCUT2D eigenvalue weighted by Crippen LogP contribution is 2.14. The molecule has 0 aliphatic rings. The molecule has 2 N–H and O–H groups in total. The molecule has 0 saturated carbocycles. The van der Waals surface area contributed by atoms with Crippen molar-refractivity contribution >= 4 is 11.9 Å². The first kappa shape index (κ1) is 52.7. The van der Waals surface area contributed by atoms with Crippen molar-refractivity contribution in [2.24, 2.45) is 0 Å². The van der Waals surface area contributed by atoms with E-state index in [1.807, 2.05) is 14.1 Å². The number of halogens is 1. The molecular weight excluding hydrogens is 674 g/mol. The van der Waals surface area contributed by atoms with Gasteiger partial charge in [0.15, 0.2) is 6.10 Å². The molecule has 0 fully saturated rings. The van der Waals surface area contributed by atoms with E-state index in [0.29, 0.717) is 30.4 Å². The Morgan fingerprint density at radius 1 is 0.558 bits per heavy atom. The summed E-state index contributed by atoms with van der Waals surface area (Å²) < 4.78 is 11.7. The lowest BCUT2D eigenvalue weighted by atomic mass is 10.1. The lowest BCUT2D eigenvalue weighted by Crippen LogP contribution is -3.00. The quantitative estimate of drug-likeness (QED) is 0.0288. The van der Waals surface area contributed by atoms with Gasteiger partial charge in [-0.2, -0.15) is 0 Å². The normalized spacial score (nSPS) is 13.0. The van der Waals surface area contributed by atoms with Crippen LogP contribution in [0.25, 0.3) is 0 Å². The highest BCUT2D eigenvalue weighted by molar-refractivity contribution is 5.70. The second-order valence-electron chi connectivity index (χ2n) is 15.6. The maximum atomic E-state index is 12.8. The number of allylic oxidation sites excluding steroid dienone is 4. The van der Waals surface area contributed by atoms with Crippen LogP contribution in [0, 0.1) is 0 Å². The fraction of sp³-hybridized carbons (Fsp3) is 0.864. The summed E-state index contributed by atoms with van der Waals surface area (Å²) in [6, 6.07) is 0. The minimum atomic E-state index is -0.865. The molecule has 0 saturated heterocycles. The van der Waals surface area contributed by atoms with Gasteiger partial charge in [0.1, 0.15) is 25.8 Å². The summed E-state index contributed by atoms with van der Waals surface area (Å²) >= 11 is 0. The first-order valence-electron chi connectivity index (χ1n) is 21.5. The number of ether oxygens (including phenoxy) is 2. The zero-order valence-corrected chi connectivity index (χ0v) is 35.2. The number of rotatable bonds is 38. The molecule has 1 unspecified atom stereocenters. The average Bonchev–Trinajstić information content (AvgIpc) is 3.10. The molecule has 0 heterocycles. The van der Waals surface area contributed by atoms with Crippen molar-refractivity contribution in [3.63, 3.8) is 0 Å². The Balaban J connectivity index is 0. The molecule has 0 rings (SSSR count). The second-order valence-corrected chi connectivity index (χ2v) is 15.6. The molecule has 52 heavy (non-hydrogen) atoms. The maximum absolute atomic E-state index is 12.8. The molecule has 0 aliphatic carbocycles. The van der Waals surface area contributed by atoms with E-state index in [1.165, 1.54) is 116 Å². The van der Waals surface area contributed by atoms with Gasteiger partial charge < -0.3 is 36.6 Å². The number of nitrogens with zero attached hydrogens (tertiary/aromatic N) is 1. The Hall–Kier alpha value is -1.41. The first-order chi connectivity index (χ1) is 24.7. The van der Waals surface area contributed by atoms with E-state index >= 15 is 0 Å². The summed E-state index contributed by atoms with van der Waals surface area (Å²) in [6.07, 6.45) is 40.0. The molecule has 0 radical (unpaired) electrons. The number of esters is 2. The van der Waals surface area contributed by atoms with Gasteiger partial charge in [0.25, 0.3) is 0 Å². The van der Waals surface area contributed by atoms with Crippen molar-refractivity contribution in [3.8, 4) is 0 Å². The summed E-state index contributed by atoms with van der Waals surface area (Å²) in [4.78, 5) is 25.3. The monoisotopic (exact) mass is 758 g/mol. The number of quaternary nitrogens is 1. The Morgan fingerprint density at radius 3 is 1.33 bits per heavy atom. The fourth-order valence-electron chi connectivity index (χ4n) is 6.56. The van der Waals surface area contributed by atoms with Crippen LogP contribution in [-0.4, -0.2) is 79.2 Å². The van der Waals surface area contributed by atoms with E-state index in [2.05, 4.69) is 38.2 Å². The Labute approximate surface area is 327 Å². The second kappa shape index (κ2) is 39.3. The van der Waals surface area contributed by atoms with Crippen LogP contribution in [0.3, 0.4) is 0 Å². The standard InChI is InChI=1S/C44H84NO6.ClH/c1-5-7-9-11-13-15-17-19-21-23-25-27-29-31-33-35-43(48)50-40-42(38-45(3,4)37-41(47)39-46)51-44(49)36-34-32-30-28-26-24-22-20-18-16-14-12-10-8-6-2;/h19-22,41-42,46-47H,5-18,23-40H2,1-4H3;1H/q+1;/p-1/b21-19-,22-20-;/t41?,42-;/m0./s1. The van der Waals surface area contributed by atoms with Gasteiger partial charge in [0.05, 0.1) is 20.7 Å². The predicted molar refractivity (Wildman–Crippen MR) is 215 cm³/mol. The van der Waals surface area contributed by atoms with Gasteiger partial charge in [-0.1, -0.05) is 141 Å². The molecule has 0 aromatic heterocycles. The van der Waals surface area contributed by atoms with Crippen LogP contribution in [0.2, 0.25) is 0 Å². The first-order valence-corrected chi connectivity index (χ1v) is 21.5. The van der Waals surface area contributed by atoms with E-state index in [-0.39, 0.29) is 37.6 Å². The Bertz CT molecular complexity index is 849. The number of aliphatic hydroxyl groups is 2. The maximum Gasteiger partial charge on any atom is 0.306 e. The zero-order chi connectivity index (χ0) is 37.7. The van der Waals surface area contributed by atoms with Crippen molar-refractivity contribution in [2.45, 2.75) is 206 Å². The Morgan fingerprint density at radius 2 is 0.923 bits per heavy atom. The van der Waals surface area contributed by atoms with Crippen LogP contribution in [0.4, 0.5) is 0 Å². The third-order valence-corrected chi connectivity index (χ3v) is 9.63. The molecule has 0 aliphatic heterocycles. The van der Waals surface area contributed by atoms with Crippen LogP contribution in [0.1, 0.15) is 194 Å². The summed E-state index contributed by atoms with van der Waals surface area (Å²) in [7, 11) is 3.83. The molecule has 0 bridgehead atoms. The summed E-state index contributed by atoms with van der Waals surface area (Å²) in [5.74, 6) is -0.528. The van der Waals surface area contributed by atoms with Gasteiger partial charge in [-0.25, -0.2) is 0 Å². The van der Waals surface area contributed by atoms with Crippen LogP contribution < -0.4 is 12.4 Å². The van der Waals surface area contributed by atoms with E-state index in [1.54, 1.807) is 0 Å². The zero-order valence-electron chi connectivity index (χ0n) is 34.4. The number of hydrogen-bond acceptors (Lipinski definition) is 6. The van der Waals surface area contributed by atoms with Crippen molar-refractivity contribution in [1.29, 1.82) is 0 Å². The lowest BCUT2D eigenvalue weighted by Gasteiger charge is -2.34. The predicted octanol–water partition coefficient (Wildman–Crippen LogP) is 7.95. The van der Waals surface area contributed by atoms with Crippen LogP contribution in [0.15, 0.2) is 24.3 Å². The number of likely N-dealkylation sites (N-methyl/N-ethyl adjacent to an activating group) is 1. The molecule has 308 valence electrons. The smallest absolute Gasteiger partial charge is 0.306 e. The molecular formula is C44H84ClNO6. The van der Waals surface area contributed by atoms with Crippen LogP contribution in [-0.2, 0) is 19.1 Å². The largest absolute Gasteiger partial charge is 1.00 e. The SMILES string of the molecule is CCCCCCCC/C=C\CCCCCCCC(=O)OC[C@H](C[N+](C)(C)CC(O)CO)OC(=O)CCCCCCC/C=C\CCCCCCCC.[Cl-]. The summed E-state index contributed by atoms with van der Waals surface area (Å²) in [6.45, 7) is 4.89. The van der Waals surface area contributed by atoms with Gasteiger partial charge in [-0.15, -0.1) is 0 Å². The van der Waals surface area contributed by atoms with Crippen molar-refractivity contribution < 1.29 is 46.2 Å².